The monoisotopic (exact) mass is 521 g/mol. The highest BCUT2D eigenvalue weighted by Gasteiger charge is 2.45. The average molecular weight is 522 g/mol. The maximum atomic E-state index is 6.38. The topological polar surface area (TPSA) is 114 Å². The zero-order chi connectivity index (χ0) is 26.4. The molecular formula is C30H27N5O4. The van der Waals surface area contributed by atoms with Crippen molar-refractivity contribution < 1.29 is 18.9 Å². The van der Waals surface area contributed by atoms with Gasteiger partial charge in [-0.2, -0.15) is 0 Å². The van der Waals surface area contributed by atoms with Crippen molar-refractivity contribution in [1.29, 1.82) is 0 Å². The summed E-state index contributed by atoms with van der Waals surface area (Å²) in [6.07, 6.45) is 9.44. The lowest BCUT2D eigenvalue weighted by Crippen LogP contribution is -2.38. The highest BCUT2D eigenvalue weighted by Crippen LogP contribution is 2.52. The lowest BCUT2D eigenvalue weighted by molar-refractivity contribution is 0.161. The first-order chi connectivity index (χ1) is 19.1. The fourth-order valence-electron chi connectivity index (χ4n) is 5.65. The van der Waals surface area contributed by atoms with Crippen molar-refractivity contribution in [2.75, 3.05) is 26.9 Å². The lowest BCUT2D eigenvalue weighted by atomic mass is 9.77. The van der Waals surface area contributed by atoms with E-state index in [0.29, 0.717) is 44.2 Å². The van der Waals surface area contributed by atoms with E-state index < -0.39 is 5.54 Å². The van der Waals surface area contributed by atoms with E-state index in [9.17, 15) is 0 Å². The third kappa shape index (κ3) is 4.06. The van der Waals surface area contributed by atoms with Crippen LogP contribution in [0.15, 0.2) is 66.1 Å². The number of nitrogens with zero attached hydrogens (tertiary/aromatic N) is 4. The van der Waals surface area contributed by atoms with Crippen molar-refractivity contribution in [2.45, 2.75) is 24.8 Å². The molecule has 196 valence electrons. The number of fused-ring (bicyclic) bond motifs is 5. The van der Waals surface area contributed by atoms with Crippen LogP contribution in [0.2, 0.25) is 0 Å². The van der Waals surface area contributed by atoms with Gasteiger partial charge in [-0.3, -0.25) is 15.0 Å². The van der Waals surface area contributed by atoms with Gasteiger partial charge in [-0.05, 0) is 47.9 Å². The summed E-state index contributed by atoms with van der Waals surface area (Å²) >= 11 is 0. The summed E-state index contributed by atoms with van der Waals surface area (Å²) in [4.78, 5) is 18.9. The summed E-state index contributed by atoms with van der Waals surface area (Å²) in [6.45, 7) is 1.72. The van der Waals surface area contributed by atoms with Crippen LogP contribution in [0.5, 0.6) is 17.2 Å². The number of hydrogen-bond donors (Lipinski definition) is 1. The SMILES string of the molecule is COc1cnc2c(Cc3ccc4c(c3)[C@@]3(CCOC(N)=N3)c3cc(C5=CCOCC5)ncc3O4)nccc2c1. The number of ether oxygens (including phenoxy) is 4. The Balaban J connectivity index is 1.33. The average Bonchev–Trinajstić information content (AvgIpc) is 2.98. The minimum absolute atomic E-state index is 0.169. The maximum absolute atomic E-state index is 6.38. The molecule has 1 spiro atoms. The van der Waals surface area contributed by atoms with Crippen LogP contribution in [0.3, 0.4) is 0 Å². The number of methoxy groups -OCH3 is 1. The first-order valence-electron chi connectivity index (χ1n) is 13.0. The molecule has 7 rings (SSSR count). The molecule has 1 aromatic carbocycles. The Kier molecular flexibility index (Phi) is 5.66. The van der Waals surface area contributed by atoms with E-state index in [1.165, 1.54) is 0 Å². The summed E-state index contributed by atoms with van der Waals surface area (Å²) in [5, 5.41) is 0.982. The minimum atomic E-state index is -0.748. The molecule has 0 aliphatic carbocycles. The smallest absolute Gasteiger partial charge is 0.283 e. The van der Waals surface area contributed by atoms with Crippen LogP contribution < -0.4 is 15.2 Å². The molecule has 0 saturated heterocycles. The number of nitrogens with two attached hydrogens (primary N) is 1. The molecule has 3 aliphatic heterocycles. The normalized spacial score (nSPS) is 19.8. The zero-order valence-corrected chi connectivity index (χ0v) is 21.5. The van der Waals surface area contributed by atoms with Crippen molar-refractivity contribution in [3.8, 4) is 17.2 Å². The van der Waals surface area contributed by atoms with E-state index in [1.54, 1.807) is 25.7 Å². The van der Waals surface area contributed by atoms with Crippen LogP contribution >= 0.6 is 0 Å². The third-order valence-electron chi connectivity index (χ3n) is 7.59. The molecule has 3 aromatic heterocycles. The largest absolute Gasteiger partial charge is 0.495 e. The molecular weight excluding hydrogens is 494 g/mol. The summed E-state index contributed by atoms with van der Waals surface area (Å²) < 4.78 is 22.8. The first-order valence-corrected chi connectivity index (χ1v) is 13.0. The maximum Gasteiger partial charge on any atom is 0.283 e. The second kappa shape index (κ2) is 9.36. The van der Waals surface area contributed by atoms with E-state index in [4.69, 9.17) is 34.7 Å². The van der Waals surface area contributed by atoms with Crippen molar-refractivity contribution in [3.63, 3.8) is 0 Å². The van der Waals surface area contributed by atoms with E-state index in [2.05, 4.69) is 34.2 Å². The number of aliphatic imine (C=N–C) groups is 1. The van der Waals surface area contributed by atoms with Gasteiger partial charge in [0, 0.05) is 35.6 Å². The van der Waals surface area contributed by atoms with Crippen LogP contribution in [0.25, 0.3) is 16.5 Å². The van der Waals surface area contributed by atoms with Gasteiger partial charge < -0.3 is 24.7 Å². The van der Waals surface area contributed by atoms with Crippen LogP contribution in [0.4, 0.5) is 0 Å². The molecule has 0 amide bonds. The van der Waals surface area contributed by atoms with Gasteiger partial charge in [0.1, 0.15) is 17.0 Å². The molecule has 0 radical (unpaired) electrons. The zero-order valence-electron chi connectivity index (χ0n) is 21.5. The Morgan fingerprint density at radius 3 is 2.77 bits per heavy atom. The predicted octanol–water partition coefficient (Wildman–Crippen LogP) is 4.51. The van der Waals surface area contributed by atoms with Crippen molar-refractivity contribution in [3.05, 3.63) is 89.1 Å². The second-order valence-electron chi connectivity index (χ2n) is 9.84. The van der Waals surface area contributed by atoms with E-state index in [-0.39, 0.29) is 6.02 Å². The number of amidine groups is 1. The van der Waals surface area contributed by atoms with Crippen LogP contribution in [0.1, 0.15) is 40.9 Å². The van der Waals surface area contributed by atoms with Gasteiger partial charge in [-0.25, -0.2) is 4.99 Å². The Labute approximate surface area is 225 Å². The molecule has 2 N–H and O–H groups in total. The number of pyridine rings is 3. The number of hydrogen-bond acceptors (Lipinski definition) is 9. The fraction of sp³-hybridized carbons (Fsp3) is 0.267. The predicted molar refractivity (Wildman–Crippen MR) is 146 cm³/mol. The van der Waals surface area contributed by atoms with Gasteiger partial charge in [0.05, 0.1) is 56.2 Å². The molecule has 0 saturated carbocycles. The molecule has 0 fully saturated rings. The number of rotatable bonds is 4. The van der Waals surface area contributed by atoms with Crippen LogP contribution in [-0.2, 0) is 21.4 Å². The molecule has 0 bridgehead atoms. The van der Waals surface area contributed by atoms with Crippen molar-refractivity contribution in [2.24, 2.45) is 10.7 Å². The molecule has 1 atom stereocenters. The molecule has 6 heterocycles. The van der Waals surface area contributed by atoms with Crippen molar-refractivity contribution >= 4 is 22.5 Å². The molecule has 9 nitrogen and oxygen atoms in total. The second-order valence-corrected chi connectivity index (χ2v) is 9.84. The molecule has 3 aliphatic rings. The summed E-state index contributed by atoms with van der Waals surface area (Å²) in [6, 6.07) is 12.4. The van der Waals surface area contributed by atoms with E-state index in [1.807, 2.05) is 18.2 Å². The van der Waals surface area contributed by atoms with Gasteiger partial charge in [0.25, 0.3) is 6.02 Å². The van der Waals surface area contributed by atoms with Gasteiger partial charge in [0.2, 0.25) is 0 Å². The van der Waals surface area contributed by atoms with Gasteiger partial charge in [-0.1, -0.05) is 12.1 Å². The number of aromatic nitrogens is 3. The lowest BCUT2D eigenvalue weighted by Gasteiger charge is -2.39. The number of benzene rings is 1. The Morgan fingerprint density at radius 2 is 1.92 bits per heavy atom. The molecule has 39 heavy (non-hydrogen) atoms. The molecule has 4 aromatic rings. The van der Waals surface area contributed by atoms with Gasteiger partial charge in [-0.15, -0.1) is 0 Å². The summed E-state index contributed by atoms with van der Waals surface area (Å²) in [5.41, 5.74) is 12.2. The minimum Gasteiger partial charge on any atom is -0.495 e. The summed E-state index contributed by atoms with van der Waals surface area (Å²) in [7, 11) is 1.64. The van der Waals surface area contributed by atoms with E-state index >= 15 is 0 Å². The van der Waals surface area contributed by atoms with Gasteiger partial charge in [0.15, 0.2) is 5.75 Å². The highest BCUT2D eigenvalue weighted by atomic mass is 16.5. The third-order valence-corrected chi connectivity index (χ3v) is 7.59. The van der Waals surface area contributed by atoms with Crippen molar-refractivity contribution in [1.82, 2.24) is 15.0 Å². The standard InChI is InChI=1S/C30H27N5O4/c1-36-21-14-20-4-8-32-25(28(20)34-16-21)13-18-2-3-26-22(12-18)30(7-11-38-29(31)35-30)23-15-24(33-17-27(23)39-26)19-5-9-37-10-6-19/h2-5,8,12,14-17H,6-7,9-11,13H2,1H3,(H2,31,35)/t30-/m0/s1. The van der Waals surface area contributed by atoms with E-state index in [0.717, 1.165) is 56.7 Å². The van der Waals surface area contributed by atoms with Crippen LogP contribution in [0, 0.1) is 0 Å². The fourth-order valence-corrected chi connectivity index (χ4v) is 5.65. The first kappa shape index (κ1) is 23.6. The molecule has 9 heteroatoms. The van der Waals surface area contributed by atoms with Crippen LogP contribution in [-0.4, -0.2) is 47.9 Å². The highest BCUT2D eigenvalue weighted by molar-refractivity contribution is 5.82. The summed E-state index contributed by atoms with van der Waals surface area (Å²) in [5.74, 6) is 2.13. The Morgan fingerprint density at radius 1 is 1.00 bits per heavy atom. The molecule has 0 unspecified atom stereocenters. The Bertz CT molecular complexity index is 1670. The van der Waals surface area contributed by atoms with Gasteiger partial charge >= 0.3 is 0 Å². The quantitative estimate of drug-likeness (QED) is 0.417. The Hall–Kier alpha value is -4.50.